The molecule has 234 valence electrons. The second kappa shape index (κ2) is 11.4. The first-order chi connectivity index (χ1) is 24.0. The van der Waals surface area contributed by atoms with E-state index in [2.05, 4.69) is 196 Å². The first-order valence-electron chi connectivity index (χ1n) is 17.2. The molecule has 0 spiro atoms. The highest BCUT2D eigenvalue weighted by Crippen LogP contribution is 2.60. The number of hydrogen-bond acceptors (Lipinski definition) is 1. The molecule has 0 aliphatic heterocycles. The van der Waals surface area contributed by atoms with Gasteiger partial charge in [0, 0.05) is 17.1 Å². The summed E-state index contributed by atoms with van der Waals surface area (Å²) >= 11 is 0. The standard InChI is InChI=1S/C48H37N/c1-48(2,3)42-25-15-16-26-43(42)49(36-21-11-6-12-22-36)37-28-27-34-30-40-41(31-35(34)29-37)47-45(33-19-9-5-10-20-33)39-24-14-13-23-38(39)44(46(40)47)32-17-7-4-8-18-32/h4-31H,1-3H3. The lowest BCUT2D eigenvalue weighted by molar-refractivity contribution is 0.591. The second-order valence-electron chi connectivity index (χ2n) is 14.1. The van der Waals surface area contributed by atoms with E-state index >= 15 is 0 Å². The van der Waals surface area contributed by atoms with Crippen LogP contribution in [0.25, 0.3) is 66.1 Å². The number of anilines is 3. The van der Waals surface area contributed by atoms with Crippen LogP contribution in [0.4, 0.5) is 17.1 Å². The third kappa shape index (κ3) is 4.77. The van der Waals surface area contributed by atoms with Crippen molar-refractivity contribution in [3.05, 3.63) is 175 Å². The summed E-state index contributed by atoms with van der Waals surface area (Å²) in [6.45, 7) is 6.89. The molecular weight excluding hydrogens is 591 g/mol. The van der Waals surface area contributed by atoms with Crippen molar-refractivity contribution >= 4 is 38.6 Å². The third-order valence-electron chi connectivity index (χ3n) is 10.1. The predicted octanol–water partition coefficient (Wildman–Crippen LogP) is 13.7. The summed E-state index contributed by atoms with van der Waals surface area (Å²) < 4.78 is 0. The van der Waals surface area contributed by atoms with Crippen molar-refractivity contribution in [2.75, 3.05) is 4.90 Å². The highest BCUT2D eigenvalue weighted by molar-refractivity contribution is 6.26. The predicted molar refractivity (Wildman–Crippen MR) is 210 cm³/mol. The van der Waals surface area contributed by atoms with Crippen molar-refractivity contribution in [3.63, 3.8) is 0 Å². The SMILES string of the molecule is CC(C)(C)c1ccccc1N(c1ccccc1)c1ccc2cc3c(cc2c1)-c1c-3c(-c2ccccc2)c2ccccc2c1-c1ccccc1. The normalized spacial score (nSPS) is 12.0. The molecule has 9 rings (SSSR count). The molecule has 1 aliphatic carbocycles. The quantitative estimate of drug-likeness (QED) is 0.183. The number of hydrogen-bond donors (Lipinski definition) is 0. The van der Waals surface area contributed by atoms with E-state index in [-0.39, 0.29) is 5.41 Å². The first kappa shape index (κ1) is 29.2. The molecular formula is C48H37N. The maximum absolute atomic E-state index is 2.44. The molecule has 0 saturated carbocycles. The van der Waals surface area contributed by atoms with Crippen LogP contribution in [0, 0.1) is 0 Å². The van der Waals surface area contributed by atoms with E-state index in [0.717, 1.165) is 11.4 Å². The number of nitrogens with zero attached hydrogens (tertiary/aromatic N) is 1. The zero-order chi connectivity index (χ0) is 33.1. The topological polar surface area (TPSA) is 3.24 Å². The summed E-state index contributed by atoms with van der Waals surface area (Å²) in [5, 5.41) is 5.08. The molecule has 0 bridgehead atoms. The summed E-state index contributed by atoms with van der Waals surface area (Å²) in [6.07, 6.45) is 0. The Bertz CT molecular complexity index is 2500. The van der Waals surface area contributed by atoms with Crippen LogP contribution in [0.2, 0.25) is 0 Å². The Morgan fingerprint density at radius 2 is 0.878 bits per heavy atom. The van der Waals surface area contributed by atoms with E-state index < -0.39 is 0 Å². The fourth-order valence-electron chi connectivity index (χ4n) is 7.87. The van der Waals surface area contributed by atoms with E-state index in [0.29, 0.717) is 0 Å². The van der Waals surface area contributed by atoms with E-state index in [4.69, 9.17) is 0 Å². The Labute approximate surface area is 288 Å². The molecule has 0 radical (unpaired) electrons. The average Bonchev–Trinajstić information content (AvgIpc) is 3.14. The lowest BCUT2D eigenvalue weighted by atomic mass is 9.70. The van der Waals surface area contributed by atoms with Gasteiger partial charge < -0.3 is 4.90 Å². The van der Waals surface area contributed by atoms with Crippen LogP contribution in [0.1, 0.15) is 26.3 Å². The number of rotatable bonds is 5. The van der Waals surface area contributed by atoms with Gasteiger partial charge in [-0.05, 0) is 119 Å². The summed E-state index contributed by atoms with van der Waals surface area (Å²) in [5.41, 5.74) is 15.3. The van der Waals surface area contributed by atoms with Gasteiger partial charge in [0.25, 0.3) is 0 Å². The molecule has 49 heavy (non-hydrogen) atoms. The van der Waals surface area contributed by atoms with Gasteiger partial charge in [0.15, 0.2) is 0 Å². The molecule has 0 N–H and O–H groups in total. The Kier molecular flexibility index (Phi) is 6.78. The molecule has 0 aromatic heterocycles. The van der Waals surface area contributed by atoms with E-state index in [1.165, 1.54) is 77.3 Å². The fourth-order valence-corrected chi connectivity index (χ4v) is 7.87. The van der Waals surface area contributed by atoms with Gasteiger partial charge in [-0.1, -0.05) is 148 Å². The Morgan fingerprint density at radius 1 is 0.388 bits per heavy atom. The van der Waals surface area contributed by atoms with E-state index in [9.17, 15) is 0 Å². The second-order valence-corrected chi connectivity index (χ2v) is 14.1. The molecule has 1 heteroatoms. The van der Waals surface area contributed by atoms with Gasteiger partial charge in [-0.3, -0.25) is 0 Å². The maximum Gasteiger partial charge on any atom is 0.0498 e. The molecule has 0 heterocycles. The number of benzene rings is 8. The van der Waals surface area contributed by atoms with Crippen molar-refractivity contribution in [1.82, 2.24) is 0 Å². The van der Waals surface area contributed by atoms with Crippen molar-refractivity contribution in [3.8, 4) is 44.5 Å². The molecule has 1 aliphatic rings. The highest BCUT2D eigenvalue weighted by atomic mass is 15.1. The summed E-state index contributed by atoms with van der Waals surface area (Å²) in [7, 11) is 0. The largest absolute Gasteiger partial charge is 0.310 e. The van der Waals surface area contributed by atoms with Crippen LogP contribution in [-0.2, 0) is 5.41 Å². The Morgan fingerprint density at radius 3 is 1.45 bits per heavy atom. The van der Waals surface area contributed by atoms with Crippen molar-refractivity contribution in [2.45, 2.75) is 26.2 Å². The van der Waals surface area contributed by atoms with Crippen LogP contribution in [0.5, 0.6) is 0 Å². The zero-order valence-electron chi connectivity index (χ0n) is 28.1. The smallest absolute Gasteiger partial charge is 0.0498 e. The fraction of sp³-hybridized carbons (Fsp3) is 0.0833. The average molecular weight is 628 g/mol. The van der Waals surface area contributed by atoms with Gasteiger partial charge in [0.1, 0.15) is 0 Å². The molecule has 0 amide bonds. The lowest BCUT2D eigenvalue weighted by Gasteiger charge is -2.33. The van der Waals surface area contributed by atoms with E-state index in [1.807, 2.05) is 0 Å². The maximum atomic E-state index is 2.44. The summed E-state index contributed by atoms with van der Waals surface area (Å²) in [4.78, 5) is 2.42. The monoisotopic (exact) mass is 627 g/mol. The minimum Gasteiger partial charge on any atom is -0.310 e. The Hall–Kier alpha value is -5.92. The van der Waals surface area contributed by atoms with Crippen LogP contribution in [-0.4, -0.2) is 0 Å². The lowest BCUT2D eigenvalue weighted by Crippen LogP contribution is -2.19. The molecule has 0 atom stereocenters. The third-order valence-corrected chi connectivity index (χ3v) is 10.1. The molecule has 0 unspecified atom stereocenters. The van der Waals surface area contributed by atoms with Crippen molar-refractivity contribution < 1.29 is 0 Å². The van der Waals surface area contributed by atoms with Crippen LogP contribution in [0.15, 0.2) is 170 Å². The van der Waals surface area contributed by atoms with Crippen molar-refractivity contribution in [1.29, 1.82) is 0 Å². The van der Waals surface area contributed by atoms with Crippen LogP contribution >= 0.6 is 0 Å². The highest BCUT2D eigenvalue weighted by Gasteiger charge is 2.33. The Balaban J connectivity index is 1.29. The minimum absolute atomic E-state index is 0.0137. The number of para-hydroxylation sites is 2. The molecule has 0 saturated heterocycles. The van der Waals surface area contributed by atoms with Gasteiger partial charge in [0.2, 0.25) is 0 Å². The van der Waals surface area contributed by atoms with Gasteiger partial charge in [-0.15, -0.1) is 0 Å². The molecule has 0 fully saturated rings. The van der Waals surface area contributed by atoms with E-state index in [1.54, 1.807) is 0 Å². The minimum atomic E-state index is -0.0137. The van der Waals surface area contributed by atoms with Gasteiger partial charge in [0.05, 0.1) is 0 Å². The summed E-state index contributed by atoms with van der Waals surface area (Å²) in [5.74, 6) is 0. The number of fused-ring (bicyclic) bond motifs is 6. The molecule has 8 aromatic carbocycles. The molecule has 8 aromatic rings. The molecule has 1 nitrogen and oxygen atoms in total. The van der Waals surface area contributed by atoms with Crippen LogP contribution in [0.3, 0.4) is 0 Å². The zero-order valence-corrected chi connectivity index (χ0v) is 28.1. The van der Waals surface area contributed by atoms with Gasteiger partial charge in [-0.2, -0.15) is 0 Å². The van der Waals surface area contributed by atoms with Gasteiger partial charge >= 0.3 is 0 Å². The van der Waals surface area contributed by atoms with Gasteiger partial charge in [-0.25, -0.2) is 0 Å². The first-order valence-corrected chi connectivity index (χ1v) is 17.2. The van der Waals surface area contributed by atoms with Crippen LogP contribution < -0.4 is 4.90 Å². The summed E-state index contributed by atoms with van der Waals surface area (Å²) in [6, 6.07) is 62.2. The van der Waals surface area contributed by atoms with Crippen molar-refractivity contribution in [2.24, 2.45) is 0 Å².